The van der Waals surface area contributed by atoms with Gasteiger partial charge < -0.3 is 4.90 Å². The maximum atomic E-state index is 4.50. The standard InChI is InChI=1S/C12H19N3/c1-9(2)11-7-14-12(8-13-11)15-6-4-5-10(15)3/h7-10H,4-6H2,1-3H3. The van der Waals surface area contributed by atoms with Gasteiger partial charge in [0.25, 0.3) is 0 Å². The fourth-order valence-electron chi connectivity index (χ4n) is 2.05. The molecule has 0 spiro atoms. The first-order chi connectivity index (χ1) is 7.18. The van der Waals surface area contributed by atoms with Gasteiger partial charge in [0, 0.05) is 12.6 Å². The summed E-state index contributed by atoms with van der Waals surface area (Å²) in [7, 11) is 0. The van der Waals surface area contributed by atoms with E-state index in [9.17, 15) is 0 Å². The Bertz CT molecular complexity index is 318. The molecule has 1 aromatic heterocycles. The predicted octanol–water partition coefficient (Wildman–Crippen LogP) is 2.59. The summed E-state index contributed by atoms with van der Waals surface area (Å²) in [4.78, 5) is 11.3. The van der Waals surface area contributed by atoms with Crippen molar-refractivity contribution in [2.24, 2.45) is 0 Å². The molecule has 0 bridgehead atoms. The summed E-state index contributed by atoms with van der Waals surface area (Å²) in [6.07, 6.45) is 6.37. The fraction of sp³-hybridized carbons (Fsp3) is 0.667. The molecule has 0 radical (unpaired) electrons. The molecule has 0 aliphatic carbocycles. The topological polar surface area (TPSA) is 29.0 Å². The van der Waals surface area contributed by atoms with Crippen LogP contribution in [0.5, 0.6) is 0 Å². The molecule has 2 heterocycles. The summed E-state index contributed by atoms with van der Waals surface area (Å²) < 4.78 is 0. The van der Waals surface area contributed by atoms with E-state index in [1.54, 1.807) is 0 Å². The van der Waals surface area contributed by atoms with Gasteiger partial charge in [-0.3, -0.25) is 4.98 Å². The van der Waals surface area contributed by atoms with Crippen LogP contribution >= 0.6 is 0 Å². The van der Waals surface area contributed by atoms with E-state index < -0.39 is 0 Å². The number of hydrogen-bond acceptors (Lipinski definition) is 3. The van der Waals surface area contributed by atoms with Crippen LogP contribution in [0.3, 0.4) is 0 Å². The first-order valence-corrected chi connectivity index (χ1v) is 5.77. The quantitative estimate of drug-likeness (QED) is 0.743. The summed E-state index contributed by atoms with van der Waals surface area (Å²) in [5, 5.41) is 0. The van der Waals surface area contributed by atoms with Gasteiger partial charge in [-0.1, -0.05) is 13.8 Å². The second kappa shape index (κ2) is 4.17. The van der Waals surface area contributed by atoms with Crippen LogP contribution in [0, 0.1) is 0 Å². The number of nitrogens with zero attached hydrogens (tertiary/aromatic N) is 3. The normalized spacial score (nSPS) is 21.3. The minimum atomic E-state index is 0.461. The maximum Gasteiger partial charge on any atom is 0.147 e. The van der Waals surface area contributed by atoms with Crippen LogP contribution in [0.1, 0.15) is 45.2 Å². The largest absolute Gasteiger partial charge is 0.353 e. The molecule has 1 aliphatic rings. The molecule has 15 heavy (non-hydrogen) atoms. The zero-order valence-corrected chi connectivity index (χ0v) is 9.77. The summed E-state index contributed by atoms with van der Waals surface area (Å²) in [6, 6.07) is 0.615. The first-order valence-electron chi connectivity index (χ1n) is 5.77. The van der Waals surface area contributed by atoms with Crippen LogP contribution in [0.15, 0.2) is 12.4 Å². The average molecular weight is 205 g/mol. The van der Waals surface area contributed by atoms with Crippen molar-refractivity contribution < 1.29 is 0 Å². The van der Waals surface area contributed by atoms with Gasteiger partial charge in [0.1, 0.15) is 5.82 Å². The molecule has 1 unspecified atom stereocenters. The zero-order chi connectivity index (χ0) is 10.8. The smallest absolute Gasteiger partial charge is 0.147 e. The molecular weight excluding hydrogens is 186 g/mol. The lowest BCUT2D eigenvalue weighted by molar-refractivity contribution is 0.721. The molecule has 1 saturated heterocycles. The van der Waals surface area contributed by atoms with Gasteiger partial charge in [-0.25, -0.2) is 4.98 Å². The Morgan fingerprint density at radius 3 is 2.60 bits per heavy atom. The molecule has 2 rings (SSSR count). The van der Waals surface area contributed by atoms with E-state index >= 15 is 0 Å². The van der Waals surface area contributed by atoms with E-state index in [4.69, 9.17) is 0 Å². The molecule has 0 amide bonds. The van der Waals surface area contributed by atoms with Crippen molar-refractivity contribution in [3.8, 4) is 0 Å². The lowest BCUT2D eigenvalue weighted by Crippen LogP contribution is -2.27. The summed E-state index contributed by atoms with van der Waals surface area (Å²) in [5.74, 6) is 1.49. The van der Waals surface area contributed by atoms with Crippen LogP contribution in [0.25, 0.3) is 0 Å². The fourth-order valence-corrected chi connectivity index (χ4v) is 2.05. The van der Waals surface area contributed by atoms with Gasteiger partial charge in [-0.2, -0.15) is 0 Å². The number of aromatic nitrogens is 2. The highest BCUT2D eigenvalue weighted by Crippen LogP contribution is 2.23. The predicted molar refractivity (Wildman–Crippen MR) is 62.2 cm³/mol. The van der Waals surface area contributed by atoms with Crippen molar-refractivity contribution in [1.82, 2.24) is 9.97 Å². The van der Waals surface area contributed by atoms with E-state index in [0.717, 1.165) is 18.1 Å². The number of hydrogen-bond donors (Lipinski definition) is 0. The van der Waals surface area contributed by atoms with Gasteiger partial charge in [0.2, 0.25) is 0 Å². The van der Waals surface area contributed by atoms with Crippen LogP contribution in [-0.4, -0.2) is 22.6 Å². The van der Waals surface area contributed by atoms with Crippen LogP contribution < -0.4 is 4.90 Å². The van der Waals surface area contributed by atoms with Gasteiger partial charge in [-0.05, 0) is 25.7 Å². The average Bonchev–Trinajstić information content (AvgIpc) is 2.65. The molecule has 0 aromatic carbocycles. The lowest BCUT2D eigenvalue weighted by atomic mass is 10.1. The second-order valence-corrected chi connectivity index (χ2v) is 4.64. The Morgan fingerprint density at radius 1 is 1.33 bits per heavy atom. The van der Waals surface area contributed by atoms with Gasteiger partial charge in [-0.15, -0.1) is 0 Å². The van der Waals surface area contributed by atoms with Crippen molar-refractivity contribution >= 4 is 5.82 Å². The van der Waals surface area contributed by atoms with E-state index in [1.165, 1.54) is 12.8 Å². The SMILES string of the molecule is CC(C)c1cnc(N2CCCC2C)cn1. The Kier molecular flexibility index (Phi) is 2.89. The van der Waals surface area contributed by atoms with Crippen molar-refractivity contribution in [2.75, 3.05) is 11.4 Å². The lowest BCUT2D eigenvalue weighted by Gasteiger charge is -2.22. The van der Waals surface area contributed by atoms with Crippen molar-refractivity contribution in [3.63, 3.8) is 0 Å². The van der Waals surface area contributed by atoms with E-state index in [2.05, 4.69) is 35.6 Å². The van der Waals surface area contributed by atoms with Crippen LogP contribution in [0.4, 0.5) is 5.82 Å². The van der Waals surface area contributed by atoms with Gasteiger partial charge in [0.15, 0.2) is 0 Å². The monoisotopic (exact) mass is 205 g/mol. The molecule has 1 aliphatic heterocycles. The number of rotatable bonds is 2. The molecule has 0 N–H and O–H groups in total. The summed E-state index contributed by atoms with van der Waals surface area (Å²) >= 11 is 0. The third-order valence-electron chi connectivity index (χ3n) is 3.10. The van der Waals surface area contributed by atoms with Crippen LogP contribution in [-0.2, 0) is 0 Å². The second-order valence-electron chi connectivity index (χ2n) is 4.64. The minimum absolute atomic E-state index is 0.461. The highest BCUT2D eigenvalue weighted by molar-refractivity contribution is 5.38. The van der Waals surface area contributed by atoms with Crippen molar-refractivity contribution in [3.05, 3.63) is 18.1 Å². The zero-order valence-electron chi connectivity index (χ0n) is 9.77. The van der Waals surface area contributed by atoms with E-state index in [-0.39, 0.29) is 0 Å². The Hall–Kier alpha value is -1.12. The molecule has 0 saturated carbocycles. The van der Waals surface area contributed by atoms with Gasteiger partial charge >= 0.3 is 0 Å². The Labute approximate surface area is 91.5 Å². The Balaban J connectivity index is 2.16. The molecule has 1 fully saturated rings. The summed E-state index contributed by atoms with van der Waals surface area (Å²) in [5.41, 5.74) is 1.07. The van der Waals surface area contributed by atoms with Gasteiger partial charge in [0.05, 0.1) is 18.1 Å². The summed E-state index contributed by atoms with van der Waals surface area (Å²) in [6.45, 7) is 7.66. The minimum Gasteiger partial charge on any atom is -0.353 e. The maximum absolute atomic E-state index is 4.50. The molecule has 3 nitrogen and oxygen atoms in total. The third-order valence-corrected chi connectivity index (χ3v) is 3.10. The molecule has 1 aromatic rings. The highest BCUT2D eigenvalue weighted by atomic mass is 15.2. The highest BCUT2D eigenvalue weighted by Gasteiger charge is 2.21. The van der Waals surface area contributed by atoms with Crippen LogP contribution in [0.2, 0.25) is 0 Å². The molecule has 82 valence electrons. The molecular formula is C12H19N3. The van der Waals surface area contributed by atoms with Crippen molar-refractivity contribution in [2.45, 2.75) is 45.6 Å². The van der Waals surface area contributed by atoms with E-state index in [1.807, 2.05) is 12.4 Å². The number of anilines is 1. The van der Waals surface area contributed by atoms with Crippen molar-refractivity contribution in [1.29, 1.82) is 0 Å². The first kappa shape index (κ1) is 10.4. The third kappa shape index (κ3) is 2.11. The molecule has 1 atom stereocenters. The molecule has 3 heteroatoms. The Morgan fingerprint density at radius 2 is 2.13 bits per heavy atom. The van der Waals surface area contributed by atoms with E-state index in [0.29, 0.717) is 12.0 Å².